The molecule has 2 rings (SSSR count). The summed E-state index contributed by atoms with van der Waals surface area (Å²) in [4.78, 5) is 4.27. The number of phenolic OH excluding ortho intramolecular Hbond substituents is 1. The second-order valence-electron chi connectivity index (χ2n) is 3.85. The van der Waals surface area contributed by atoms with Gasteiger partial charge in [0.25, 0.3) is 0 Å². The minimum absolute atomic E-state index is 0.0369. The number of rotatable bonds is 4. The molecule has 1 atom stereocenters. The van der Waals surface area contributed by atoms with Crippen LogP contribution >= 0.6 is 0 Å². The molecule has 1 aliphatic rings. The molecule has 0 saturated heterocycles. The van der Waals surface area contributed by atoms with E-state index in [0.717, 1.165) is 11.5 Å². The van der Waals surface area contributed by atoms with Gasteiger partial charge in [-0.2, -0.15) is 0 Å². The summed E-state index contributed by atoms with van der Waals surface area (Å²) in [5, 5.41) is 9.63. The fourth-order valence-corrected chi connectivity index (χ4v) is 1.77. The van der Waals surface area contributed by atoms with Crippen LogP contribution < -0.4 is 5.73 Å². The van der Waals surface area contributed by atoms with Crippen molar-refractivity contribution in [2.24, 2.45) is 10.7 Å². The van der Waals surface area contributed by atoms with Gasteiger partial charge in [-0.05, 0) is 11.6 Å². The molecular weight excluding hydrogens is 204 g/mol. The lowest BCUT2D eigenvalue weighted by Crippen LogP contribution is -2.17. The number of hydrogen-bond acceptors (Lipinski definition) is 4. The minimum atomic E-state index is 0.0369. The molecule has 4 nitrogen and oxygen atoms in total. The lowest BCUT2D eigenvalue weighted by molar-refractivity contribution is 0.218. The van der Waals surface area contributed by atoms with Gasteiger partial charge < -0.3 is 15.6 Å². The molecule has 1 aromatic carbocycles. The summed E-state index contributed by atoms with van der Waals surface area (Å²) in [7, 11) is 0. The van der Waals surface area contributed by atoms with E-state index in [1.165, 1.54) is 0 Å². The van der Waals surface area contributed by atoms with Gasteiger partial charge in [0, 0.05) is 19.4 Å². The quantitative estimate of drug-likeness (QED) is 0.797. The van der Waals surface area contributed by atoms with Crippen molar-refractivity contribution >= 4 is 5.90 Å². The Morgan fingerprint density at radius 2 is 2.25 bits per heavy atom. The molecule has 1 aliphatic heterocycles. The van der Waals surface area contributed by atoms with Gasteiger partial charge in [0.15, 0.2) is 5.90 Å². The van der Waals surface area contributed by atoms with Gasteiger partial charge in [-0.3, -0.25) is 4.99 Å². The van der Waals surface area contributed by atoms with Gasteiger partial charge in [0.05, 0.1) is 6.54 Å². The van der Waals surface area contributed by atoms with Crippen molar-refractivity contribution in [3.63, 3.8) is 0 Å². The van der Waals surface area contributed by atoms with Crippen LogP contribution in [0.5, 0.6) is 5.75 Å². The number of ether oxygens (including phenoxy) is 1. The fourth-order valence-electron chi connectivity index (χ4n) is 1.77. The zero-order valence-electron chi connectivity index (χ0n) is 9.10. The molecule has 0 saturated carbocycles. The monoisotopic (exact) mass is 220 g/mol. The van der Waals surface area contributed by atoms with Gasteiger partial charge >= 0.3 is 0 Å². The molecule has 0 amide bonds. The summed E-state index contributed by atoms with van der Waals surface area (Å²) in [6, 6.07) is 7.31. The number of nitrogens with zero attached hydrogens (tertiary/aromatic N) is 1. The zero-order chi connectivity index (χ0) is 11.4. The van der Waals surface area contributed by atoms with E-state index in [1.54, 1.807) is 6.07 Å². The highest BCUT2D eigenvalue weighted by molar-refractivity contribution is 5.77. The highest BCUT2D eigenvalue weighted by atomic mass is 16.5. The van der Waals surface area contributed by atoms with Crippen molar-refractivity contribution in [1.82, 2.24) is 0 Å². The Bertz CT molecular complexity index is 390. The van der Waals surface area contributed by atoms with Crippen molar-refractivity contribution < 1.29 is 9.84 Å². The Morgan fingerprint density at radius 3 is 3.00 bits per heavy atom. The number of hydrogen-bond donors (Lipinski definition) is 2. The fraction of sp³-hybridized carbons (Fsp3) is 0.417. The van der Waals surface area contributed by atoms with E-state index in [9.17, 15) is 5.11 Å². The topological polar surface area (TPSA) is 67.8 Å². The highest BCUT2D eigenvalue weighted by Crippen LogP contribution is 2.20. The predicted octanol–water partition coefficient (Wildman–Crippen LogP) is 1.08. The maximum absolute atomic E-state index is 9.63. The number of aliphatic imine (C=N–C) groups is 1. The first-order valence-electron chi connectivity index (χ1n) is 5.46. The van der Waals surface area contributed by atoms with E-state index in [0.29, 0.717) is 31.7 Å². The SMILES string of the molecule is NCCC1=NCC(Cc2ccccc2O)O1. The van der Waals surface area contributed by atoms with Crippen LogP contribution in [0.2, 0.25) is 0 Å². The first kappa shape index (κ1) is 11.0. The highest BCUT2D eigenvalue weighted by Gasteiger charge is 2.20. The molecule has 3 N–H and O–H groups in total. The van der Waals surface area contributed by atoms with E-state index in [2.05, 4.69) is 4.99 Å². The molecular formula is C12H16N2O2. The summed E-state index contributed by atoms with van der Waals surface area (Å²) < 4.78 is 5.62. The Morgan fingerprint density at radius 1 is 1.44 bits per heavy atom. The van der Waals surface area contributed by atoms with Crippen LogP contribution in [-0.2, 0) is 11.2 Å². The van der Waals surface area contributed by atoms with Crippen molar-refractivity contribution in [2.75, 3.05) is 13.1 Å². The first-order chi connectivity index (χ1) is 7.79. The smallest absolute Gasteiger partial charge is 0.185 e. The second-order valence-corrected chi connectivity index (χ2v) is 3.85. The largest absolute Gasteiger partial charge is 0.508 e. The van der Waals surface area contributed by atoms with Crippen LogP contribution in [0.4, 0.5) is 0 Å². The van der Waals surface area contributed by atoms with Gasteiger partial charge in [-0.1, -0.05) is 18.2 Å². The standard InChI is InChI=1S/C12H16N2O2/c13-6-5-12-14-8-10(16-12)7-9-3-1-2-4-11(9)15/h1-4,10,15H,5-8,13H2. The summed E-state index contributed by atoms with van der Waals surface area (Å²) >= 11 is 0. The molecule has 0 spiro atoms. The van der Waals surface area contributed by atoms with Crippen LogP contribution in [0, 0.1) is 0 Å². The van der Waals surface area contributed by atoms with Crippen molar-refractivity contribution in [3.05, 3.63) is 29.8 Å². The molecule has 1 heterocycles. The Kier molecular flexibility index (Phi) is 3.41. The summed E-state index contributed by atoms with van der Waals surface area (Å²) in [6.45, 7) is 1.21. The normalized spacial score (nSPS) is 19.3. The van der Waals surface area contributed by atoms with Crippen molar-refractivity contribution in [1.29, 1.82) is 0 Å². The third-order valence-electron chi connectivity index (χ3n) is 2.57. The van der Waals surface area contributed by atoms with Gasteiger partial charge in [0.1, 0.15) is 11.9 Å². The van der Waals surface area contributed by atoms with E-state index >= 15 is 0 Å². The molecule has 0 fully saturated rings. The van der Waals surface area contributed by atoms with Gasteiger partial charge in [-0.25, -0.2) is 0 Å². The molecule has 86 valence electrons. The molecule has 1 aromatic rings. The maximum Gasteiger partial charge on any atom is 0.185 e. The molecule has 4 heteroatoms. The molecule has 16 heavy (non-hydrogen) atoms. The van der Waals surface area contributed by atoms with E-state index in [1.807, 2.05) is 18.2 Å². The first-order valence-corrected chi connectivity index (χ1v) is 5.46. The lowest BCUT2D eigenvalue weighted by Gasteiger charge is -2.11. The molecule has 0 radical (unpaired) electrons. The number of benzene rings is 1. The van der Waals surface area contributed by atoms with Gasteiger partial charge in [0.2, 0.25) is 0 Å². The summed E-state index contributed by atoms with van der Waals surface area (Å²) in [5.41, 5.74) is 6.33. The second kappa shape index (κ2) is 4.99. The Hall–Kier alpha value is -1.55. The number of aromatic hydroxyl groups is 1. The van der Waals surface area contributed by atoms with E-state index < -0.39 is 0 Å². The predicted molar refractivity (Wildman–Crippen MR) is 62.7 cm³/mol. The molecule has 0 aliphatic carbocycles. The zero-order valence-corrected chi connectivity index (χ0v) is 9.10. The Labute approximate surface area is 94.8 Å². The van der Waals surface area contributed by atoms with Crippen molar-refractivity contribution in [2.45, 2.75) is 18.9 Å². The minimum Gasteiger partial charge on any atom is -0.508 e. The van der Waals surface area contributed by atoms with Gasteiger partial charge in [-0.15, -0.1) is 0 Å². The number of nitrogens with two attached hydrogens (primary N) is 1. The van der Waals surface area contributed by atoms with Crippen LogP contribution in [0.1, 0.15) is 12.0 Å². The molecule has 0 bridgehead atoms. The van der Waals surface area contributed by atoms with Crippen LogP contribution in [0.15, 0.2) is 29.3 Å². The van der Waals surface area contributed by atoms with E-state index in [-0.39, 0.29) is 6.10 Å². The average Bonchev–Trinajstić information content (AvgIpc) is 2.70. The van der Waals surface area contributed by atoms with Crippen LogP contribution in [-0.4, -0.2) is 30.2 Å². The third-order valence-corrected chi connectivity index (χ3v) is 2.57. The Balaban J connectivity index is 1.91. The number of phenols is 1. The lowest BCUT2D eigenvalue weighted by atomic mass is 10.1. The van der Waals surface area contributed by atoms with E-state index in [4.69, 9.17) is 10.5 Å². The summed E-state index contributed by atoms with van der Waals surface area (Å²) in [6.07, 6.45) is 1.41. The summed E-state index contributed by atoms with van der Waals surface area (Å²) in [5.74, 6) is 1.06. The number of para-hydroxylation sites is 1. The van der Waals surface area contributed by atoms with Crippen LogP contribution in [0.25, 0.3) is 0 Å². The average molecular weight is 220 g/mol. The molecule has 1 unspecified atom stereocenters. The maximum atomic E-state index is 9.63. The molecule has 0 aromatic heterocycles. The third kappa shape index (κ3) is 2.52. The van der Waals surface area contributed by atoms with Crippen LogP contribution in [0.3, 0.4) is 0 Å². The van der Waals surface area contributed by atoms with Crippen molar-refractivity contribution in [3.8, 4) is 5.75 Å².